The van der Waals surface area contributed by atoms with Gasteiger partial charge in [-0.3, -0.25) is 9.36 Å². The number of amides is 1. The van der Waals surface area contributed by atoms with Gasteiger partial charge in [-0.05, 0) is 43.2 Å². The summed E-state index contributed by atoms with van der Waals surface area (Å²) in [4.78, 5) is 14.0. The number of nitrogens with one attached hydrogen (secondary N) is 1. The summed E-state index contributed by atoms with van der Waals surface area (Å²) in [5.74, 6) is 1.47. The zero-order valence-corrected chi connectivity index (χ0v) is 20.6. The second-order valence-electron chi connectivity index (χ2n) is 8.19. The third-order valence-corrected chi connectivity index (χ3v) is 8.19. The molecule has 0 saturated carbocycles. The van der Waals surface area contributed by atoms with Gasteiger partial charge in [0, 0.05) is 17.0 Å². The molecule has 0 radical (unpaired) electrons. The van der Waals surface area contributed by atoms with E-state index in [0.29, 0.717) is 28.2 Å². The van der Waals surface area contributed by atoms with Crippen molar-refractivity contribution in [2.45, 2.75) is 51.2 Å². The number of thiophene rings is 1. The van der Waals surface area contributed by atoms with Gasteiger partial charge in [0.05, 0.1) is 11.3 Å². The number of rotatable bonds is 8. The van der Waals surface area contributed by atoms with Crippen LogP contribution in [0.25, 0.3) is 11.4 Å². The van der Waals surface area contributed by atoms with Crippen LogP contribution in [0.2, 0.25) is 0 Å². The van der Waals surface area contributed by atoms with Gasteiger partial charge in [-0.25, -0.2) is 0 Å². The zero-order chi connectivity index (χ0) is 23.4. The molecule has 2 aromatic heterocycles. The Balaban J connectivity index is 1.48. The second-order valence-corrected chi connectivity index (χ2v) is 10.2. The molecule has 2 heterocycles. The molecule has 1 aliphatic carbocycles. The van der Waals surface area contributed by atoms with Crippen LogP contribution in [0.3, 0.4) is 0 Å². The van der Waals surface area contributed by atoms with E-state index in [1.807, 2.05) is 35.8 Å². The lowest BCUT2D eigenvalue weighted by atomic mass is 9.86. The van der Waals surface area contributed by atoms with Crippen molar-refractivity contribution in [3.63, 3.8) is 0 Å². The van der Waals surface area contributed by atoms with E-state index in [2.05, 4.69) is 35.1 Å². The molecule has 0 saturated heterocycles. The molecule has 0 aliphatic heterocycles. The zero-order valence-electron chi connectivity index (χ0n) is 18.9. The monoisotopic (exact) mass is 477 g/mol. The Morgan fingerprint density at radius 1 is 1.42 bits per heavy atom. The van der Waals surface area contributed by atoms with E-state index in [1.165, 1.54) is 16.6 Å². The summed E-state index contributed by atoms with van der Waals surface area (Å²) in [6, 6.07) is 10.4. The Kier molecular flexibility index (Phi) is 7.31. The molecule has 0 bridgehead atoms. The lowest BCUT2D eigenvalue weighted by Gasteiger charge is -2.20. The summed E-state index contributed by atoms with van der Waals surface area (Å²) < 4.78 is 1.97. The predicted molar refractivity (Wildman–Crippen MR) is 135 cm³/mol. The smallest absolute Gasteiger partial charge is 0.235 e. The fourth-order valence-corrected chi connectivity index (χ4v) is 6.29. The van der Waals surface area contributed by atoms with Gasteiger partial charge < -0.3 is 5.32 Å². The number of nitrogens with zero attached hydrogens (tertiary/aromatic N) is 4. The van der Waals surface area contributed by atoms with E-state index in [9.17, 15) is 10.1 Å². The largest absolute Gasteiger partial charge is 0.316 e. The first-order chi connectivity index (χ1) is 16.0. The van der Waals surface area contributed by atoms with Gasteiger partial charge in [0.15, 0.2) is 11.0 Å². The number of thioether (sulfide) groups is 1. The van der Waals surface area contributed by atoms with Crippen molar-refractivity contribution in [2.75, 3.05) is 11.1 Å². The Labute approximate surface area is 202 Å². The van der Waals surface area contributed by atoms with E-state index < -0.39 is 0 Å². The number of aromatic nitrogens is 3. The van der Waals surface area contributed by atoms with E-state index in [0.717, 1.165) is 48.2 Å². The van der Waals surface area contributed by atoms with Crippen LogP contribution in [-0.4, -0.2) is 26.4 Å². The van der Waals surface area contributed by atoms with Crippen molar-refractivity contribution in [1.82, 2.24) is 14.8 Å². The highest BCUT2D eigenvalue weighted by Gasteiger charge is 2.26. The molecule has 6 nitrogen and oxygen atoms in total. The molecule has 1 atom stereocenters. The molecule has 0 spiro atoms. The second kappa shape index (κ2) is 10.4. The minimum Gasteiger partial charge on any atom is -0.316 e. The van der Waals surface area contributed by atoms with Crippen molar-refractivity contribution in [3.8, 4) is 17.5 Å². The third kappa shape index (κ3) is 4.90. The van der Waals surface area contributed by atoms with Crippen molar-refractivity contribution < 1.29 is 4.79 Å². The van der Waals surface area contributed by atoms with Crippen LogP contribution < -0.4 is 5.32 Å². The Morgan fingerprint density at radius 2 is 2.24 bits per heavy atom. The molecular weight excluding hydrogens is 450 g/mol. The first-order valence-corrected chi connectivity index (χ1v) is 12.9. The summed E-state index contributed by atoms with van der Waals surface area (Å²) >= 11 is 2.90. The molecule has 1 aromatic carbocycles. The number of carbonyl (C=O) groups excluding carboxylic acids is 1. The molecule has 33 heavy (non-hydrogen) atoms. The molecule has 170 valence electrons. The van der Waals surface area contributed by atoms with E-state index in [-0.39, 0.29) is 11.7 Å². The average Bonchev–Trinajstić information content (AvgIpc) is 3.37. The minimum atomic E-state index is -0.146. The number of benzene rings is 1. The maximum absolute atomic E-state index is 12.8. The fourth-order valence-electron chi connectivity index (χ4n) is 4.21. The number of aryl methyl sites for hydroxylation is 1. The van der Waals surface area contributed by atoms with Crippen LogP contribution in [0.1, 0.15) is 41.3 Å². The Hall–Kier alpha value is -2.89. The van der Waals surface area contributed by atoms with Crippen LogP contribution in [0, 0.1) is 24.2 Å². The third-order valence-electron chi connectivity index (χ3n) is 6.06. The number of carbonyl (C=O) groups is 1. The molecule has 0 fully saturated rings. The van der Waals surface area contributed by atoms with Crippen LogP contribution in [-0.2, 0) is 24.2 Å². The first kappa shape index (κ1) is 23.3. The van der Waals surface area contributed by atoms with E-state index >= 15 is 0 Å². The van der Waals surface area contributed by atoms with Gasteiger partial charge in [-0.2, -0.15) is 5.26 Å². The van der Waals surface area contributed by atoms with Gasteiger partial charge in [0.1, 0.15) is 11.1 Å². The number of fused-ring (bicyclic) bond motifs is 1. The Bertz CT molecular complexity index is 1220. The highest BCUT2D eigenvalue weighted by molar-refractivity contribution is 7.99. The molecule has 1 amide bonds. The lowest BCUT2D eigenvalue weighted by Crippen LogP contribution is -2.15. The van der Waals surface area contributed by atoms with Gasteiger partial charge in [-0.1, -0.05) is 55.4 Å². The molecule has 1 aliphatic rings. The number of anilines is 1. The number of hydrogen-bond acceptors (Lipinski definition) is 6. The SMILES string of the molecule is C=CCn1c(SCC(=O)Nc2sc3c(c2C#N)CCC(CC)C3)nnc1-c1ccccc1C. The van der Waals surface area contributed by atoms with Gasteiger partial charge in [-0.15, -0.1) is 28.1 Å². The molecule has 4 rings (SSSR count). The van der Waals surface area contributed by atoms with Gasteiger partial charge in [0.25, 0.3) is 0 Å². The van der Waals surface area contributed by atoms with Crippen LogP contribution >= 0.6 is 23.1 Å². The van der Waals surface area contributed by atoms with Gasteiger partial charge in [0.2, 0.25) is 5.91 Å². The molecule has 8 heteroatoms. The Morgan fingerprint density at radius 3 is 2.97 bits per heavy atom. The van der Waals surface area contributed by atoms with Gasteiger partial charge >= 0.3 is 0 Å². The van der Waals surface area contributed by atoms with Crippen molar-refractivity contribution in [1.29, 1.82) is 5.26 Å². The number of hydrogen-bond donors (Lipinski definition) is 1. The van der Waals surface area contributed by atoms with E-state index in [4.69, 9.17) is 0 Å². The maximum atomic E-state index is 12.8. The maximum Gasteiger partial charge on any atom is 0.235 e. The normalized spacial score (nSPS) is 15.0. The first-order valence-electron chi connectivity index (χ1n) is 11.1. The summed E-state index contributed by atoms with van der Waals surface area (Å²) in [7, 11) is 0. The lowest BCUT2D eigenvalue weighted by molar-refractivity contribution is -0.113. The summed E-state index contributed by atoms with van der Waals surface area (Å²) in [6.07, 6.45) is 5.98. The van der Waals surface area contributed by atoms with Crippen LogP contribution in [0.5, 0.6) is 0 Å². The molecule has 1 unspecified atom stereocenters. The predicted octanol–water partition coefficient (Wildman–Crippen LogP) is 5.62. The summed E-state index contributed by atoms with van der Waals surface area (Å²) in [6.45, 7) is 8.66. The summed E-state index contributed by atoms with van der Waals surface area (Å²) in [5, 5.41) is 22.8. The average molecular weight is 478 g/mol. The van der Waals surface area contributed by atoms with Crippen molar-refractivity contribution >= 4 is 34.0 Å². The van der Waals surface area contributed by atoms with E-state index in [1.54, 1.807) is 17.4 Å². The number of allylic oxidation sites excluding steroid dienone is 1. The molecule has 1 N–H and O–H groups in total. The topological polar surface area (TPSA) is 83.6 Å². The molecule has 3 aromatic rings. The highest BCUT2D eigenvalue weighted by atomic mass is 32.2. The fraction of sp³-hybridized carbons (Fsp3) is 0.360. The quantitative estimate of drug-likeness (QED) is 0.336. The van der Waals surface area contributed by atoms with Crippen molar-refractivity contribution in [2.24, 2.45) is 5.92 Å². The van der Waals surface area contributed by atoms with Crippen molar-refractivity contribution in [3.05, 3.63) is 58.5 Å². The van der Waals surface area contributed by atoms with Crippen LogP contribution in [0.4, 0.5) is 5.00 Å². The summed E-state index contributed by atoms with van der Waals surface area (Å²) in [5.41, 5.74) is 3.89. The minimum absolute atomic E-state index is 0.146. The van der Waals surface area contributed by atoms with Crippen LogP contribution in [0.15, 0.2) is 42.1 Å². The highest BCUT2D eigenvalue weighted by Crippen LogP contribution is 2.40. The standard InChI is InChI=1S/C25H27N5OS2/c1-4-12-30-23(18-9-7-6-8-16(18)3)28-29-25(30)32-15-22(31)27-24-20(14-26)19-11-10-17(5-2)13-21(19)33-24/h4,6-9,17H,1,5,10-13,15H2,2-3H3,(H,27,31). The molecular formula is C25H27N5OS2. The number of nitriles is 1.